The minimum absolute atomic E-state index is 0.333. The zero-order valence-corrected chi connectivity index (χ0v) is 15.6. The van der Waals surface area contributed by atoms with Crippen molar-refractivity contribution in [3.05, 3.63) is 54.1 Å². The number of amides is 1. The van der Waals surface area contributed by atoms with E-state index < -0.39 is 11.9 Å². The van der Waals surface area contributed by atoms with Gasteiger partial charge in [0.1, 0.15) is 11.9 Å². The Labute approximate surface area is 165 Å². The number of nitrogens with two attached hydrogens (primary N) is 1. The lowest BCUT2D eigenvalue weighted by atomic mass is 9.93. The van der Waals surface area contributed by atoms with E-state index in [0.717, 1.165) is 33.0 Å². The van der Waals surface area contributed by atoms with Crippen molar-refractivity contribution in [2.75, 3.05) is 26.3 Å². The monoisotopic (exact) mass is 393 g/mol. The third-order valence-electron chi connectivity index (χ3n) is 5.51. The molecule has 0 aliphatic carbocycles. The summed E-state index contributed by atoms with van der Waals surface area (Å²) in [5.74, 6) is -0.765. The van der Waals surface area contributed by atoms with Crippen LogP contribution in [0.5, 0.6) is 0 Å². The first kappa shape index (κ1) is 17.8. The number of carbonyl (C=O) groups excluding carboxylic acids is 1. The van der Waals surface area contributed by atoms with E-state index in [1.807, 2.05) is 23.1 Å². The molecule has 0 radical (unpaired) electrons. The van der Waals surface area contributed by atoms with Gasteiger partial charge in [0, 0.05) is 35.6 Å². The van der Waals surface area contributed by atoms with Crippen LogP contribution in [0.2, 0.25) is 0 Å². The smallest absolute Gasteiger partial charge is 0.239 e. The maximum absolute atomic E-state index is 14.3. The number of nitrogens with zero attached hydrogens (tertiary/aromatic N) is 2. The largest absolute Gasteiger partial charge is 0.379 e. The Kier molecular flexibility index (Phi) is 4.30. The van der Waals surface area contributed by atoms with E-state index in [-0.39, 0.29) is 5.82 Å². The highest BCUT2D eigenvalue weighted by molar-refractivity contribution is 5.99. The number of morpholine rings is 1. The topological polar surface area (TPSA) is 100 Å². The normalized spacial score (nSPS) is 16.4. The van der Waals surface area contributed by atoms with Gasteiger partial charge in [0.2, 0.25) is 5.91 Å². The molecule has 2 aromatic carbocycles. The molecule has 0 spiro atoms. The van der Waals surface area contributed by atoms with Gasteiger partial charge < -0.3 is 15.5 Å². The zero-order chi connectivity index (χ0) is 20.0. The summed E-state index contributed by atoms with van der Waals surface area (Å²) in [6, 6.07) is 8.11. The van der Waals surface area contributed by atoms with E-state index in [1.165, 1.54) is 12.1 Å². The van der Waals surface area contributed by atoms with Gasteiger partial charge in [0.15, 0.2) is 0 Å². The number of H-pyrrole nitrogens is 2. The van der Waals surface area contributed by atoms with Crippen molar-refractivity contribution in [2.24, 2.45) is 5.73 Å². The van der Waals surface area contributed by atoms with Crippen molar-refractivity contribution in [1.82, 2.24) is 20.1 Å². The predicted octanol–water partition coefficient (Wildman–Crippen LogP) is 2.71. The van der Waals surface area contributed by atoms with Gasteiger partial charge in [-0.2, -0.15) is 5.10 Å². The molecule has 0 bridgehead atoms. The Hall–Kier alpha value is -3.23. The molecule has 8 heteroatoms. The van der Waals surface area contributed by atoms with Crippen LogP contribution in [0.3, 0.4) is 0 Å². The van der Waals surface area contributed by atoms with Gasteiger partial charge in [-0.1, -0.05) is 0 Å². The van der Waals surface area contributed by atoms with Crippen molar-refractivity contribution in [3.8, 4) is 11.1 Å². The molecule has 1 saturated heterocycles. The molecule has 1 unspecified atom stereocenters. The Morgan fingerprint density at radius 2 is 2.00 bits per heavy atom. The molecule has 1 fully saturated rings. The third kappa shape index (κ3) is 3.06. The second kappa shape index (κ2) is 6.98. The number of carbonyl (C=O) groups is 1. The lowest BCUT2D eigenvalue weighted by molar-refractivity contribution is -0.125. The van der Waals surface area contributed by atoms with Crippen molar-refractivity contribution in [2.45, 2.75) is 6.04 Å². The van der Waals surface area contributed by atoms with Gasteiger partial charge in [-0.25, -0.2) is 4.39 Å². The van der Waals surface area contributed by atoms with Crippen molar-refractivity contribution >= 4 is 27.7 Å². The van der Waals surface area contributed by atoms with E-state index in [2.05, 4.69) is 15.2 Å². The Balaban J connectivity index is 1.73. The van der Waals surface area contributed by atoms with Crippen LogP contribution in [0.4, 0.5) is 4.39 Å². The summed E-state index contributed by atoms with van der Waals surface area (Å²) < 4.78 is 19.7. The maximum Gasteiger partial charge on any atom is 0.239 e. The summed E-state index contributed by atoms with van der Waals surface area (Å²) in [5.41, 5.74) is 9.60. The van der Waals surface area contributed by atoms with Gasteiger partial charge in [0.05, 0.1) is 24.9 Å². The Bertz CT molecular complexity index is 1210. The summed E-state index contributed by atoms with van der Waals surface area (Å²) in [5, 5.41) is 8.86. The summed E-state index contributed by atoms with van der Waals surface area (Å²) in [6.07, 6.45) is 3.48. The van der Waals surface area contributed by atoms with Crippen LogP contribution in [0.15, 0.2) is 42.7 Å². The highest BCUT2D eigenvalue weighted by Crippen LogP contribution is 2.36. The van der Waals surface area contributed by atoms with E-state index in [0.29, 0.717) is 31.8 Å². The third-order valence-corrected chi connectivity index (χ3v) is 5.51. The maximum atomic E-state index is 14.3. The van der Waals surface area contributed by atoms with Crippen molar-refractivity contribution < 1.29 is 13.9 Å². The highest BCUT2D eigenvalue weighted by Gasteiger charge is 2.29. The van der Waals surface area contributed by atoms with Crippen LogP contribution in [0, 0.1) is 5.82 Å². The van der Waals surface area contributed by atoms with Crippen LogP contribution in [-0.4, -0.2) is 52.3 Å². The van der Waals surface area contributed by atoms with Gasteiger partial charge in [0.25, 0.3) is 0 Å². The molecule has 5 rings (SSSR count). The molecule has 2 aromatic heterocycles. The van der Waals surface area contributed by atoms with Crippen molar-refractivity contribution in [3.63, 3.8) is 0 Å². The summed E-state index contributed by atoms with van der Waals surface area (Å²) in [7, 11) is 0. The fourth-order valence-corrected chi connectivity index (χ4v) is 4.20. The first-order valence-corrected chi connectivity index (χ1v) is 9.47. The molecule has 3 heterocycles. The summed E-state index contributed by atoms with van der Waals surface area (Å²) in [4.78, 5) is 17.6. The minimum Gasteiger partial charge on any atom is -0.379 e. The first-order valence-electron chi connectivity index (χ1n) is 9.47. The standard InChI is InChI=1S/C21H20FN5O2/c22-13-9-15(14-1-2-24-18(14)10-13)12-7-16(17-11-25-26-19(17)8-12)20(21(23)28)27-3-5-29-6-4-27/h1-2,7-11,20,24H,3-6H2,(H2,23,28)(H,25,26). The number of aromatic amines is 2. The Morgan fingerprint density at radius 3 is 2.79 bits per heavy atom. The molecule has 1 aliphatic heterocycles. The lowest BCUT2D eigenvalue weighted by Crippen LogP contribution is -2.44. The second-order valence-electron chi connectivity index (χ2n) is 7.24. The van der Waals surface area contributed by atoms with Crippen LogP contribution in [-0.2, 0) is 9.53 Å². The van der Waals surface area contributed by atoms with Crippen molar-refractivity contribution in [1.29, 1.82) is 0 Å². The average molecular weight is 393 g/mol. The quantitative estimate of drug-likeness (QED) is 0.496. The van der Waals surface area contributed by atoms with E-state index >= 15 is 0 Å². The van der Waals surface area contributed by atoms with Crippen LogP contribution in [0.1, 0.15) is 11.6 Å². The van der Waals surface area contributed by atoms with Gasteiger partial charge in [-0.15, -0.1) is 0 Å². The number of fused-ring (bicyclic) bond motifs is 2. The van der Waals surface area contributed by atoms with Crippen LogP contribution >= 0.6 is 0 Å². The number of ether oxygens (including phenoxy) is 1. The molecule has 0 saturated carbocycles. The molecule has 1 atom stereocenters. The SMILES string of the molecule is NC(=O)C(c1cc(-c2cc(F)cc3[nH]ccc23)cc2[nH]ncc12)N1CCOCC1. The van der Waals surface area contributed by atoms with Gasteiger partial charge in [-0.05, 0) is 47.0 Å². The molecule has 148 valence electrons. The highest BCUT2D eigenvalue weighted by atomic mass is 19.1. The summed E-state index contributed by atoms with van der Waals surface area (Å²) in [6.45, 7) is 2.32. The predicted molar refractivity (Wildman–Crippen MR) is 108 cm³/mol. The Morgan fingerprint density at radius 1 is 1.17 bits per heavy atom. The first-order chi connectivity index (χ1) is 14.1. The van der Waals surface area contributed by atoms with Crippen LogP contribution in [0.25, 0.3) is 32.9 Å². The summed E-state index contributed by atoms with van der Waals surface area (Å²) >= 11 is 0. The van der Waals surface area contributed by atoms with Gasteiger partial charge >= 0.3 is 0 Å². The number of hydrogen-bond acceptors (Lipinski definition) is 4. The average Bonchev–Trinajstić information content (AvgIpc) is 3.37. The number of benzene rings is 2. The molecule has 7 nitrogen and oxygen atoms in total. The number of hydrogen-bond donors (Lipinski definition) is 3. The number of primary amides is 1. The van der Waals surface area contributed by atoms with E-state index in [1.54, 1.807) is 12.4 Å². The molecule has 1 aliphatic rings. The molecular formula is C21H20FN5O2. The molecular weight excluding hydrogens is 373 g/mol. The zero-order valence-electron chi connectivity index (χ0n) is 15.6. The molecule has 29 heavy (non-hydrogen) atoms. The molecule has 1 amide bonds. The number of nitrogens with one attached hydrogen (secondary N) is 2. The molecule has 4 aromatic rings. The second-order valence-corrected chi connectivity index (χ2v) is 7.24. The lowest BCUT2D eigenvalue weighted by Gasteiger charge is -2.33. The number of aromatic nitrogens is 3. The fraction of sp³-hybridized carbons (Fsp3) is 0.238. The molecule has 4 N–H and O–H groups in total. The van der Waals surface area contributed by atoms with Gasteiger partial charge in [-0.3, -0.25) is 14.8 Å². The van der Waals surface area contributed by atoms with Crippen LogP contribution < -0.4 is 5.73 Å². The van der Waals surface area contributed by atoms with E-state index in [9.17, 15) is 9.18 Å². The van der Waals surface area contributed by atoms with E-state index in [4.69, 9.17) is 10.5 Å². The number of rotatable bonds is 4. The minimum atomic E-state index is -0.616. The number of halogens is 1. The fourth-order valence-electron chi connectivity index (χ4n) is 4.20.